The number of nitrogens with one attached hydrogen (secondary N) is 1. The van der Waals surface area contributed by atoms with E-state index in [4.69, 9.17) is 0 Å². The van der Waals surface area contributed by atoms with Crippen molar-refractivity contribution in [3.05, 3.63) is 22.4 Å². The van der Waals surface area contributed by atoms with Crippen molar-refractivity contribution in [1.29, 1.82) is 0 Å². The Kier molecular flexibility index (Phi) is 3.24. The third-order valence-electron chi connectivity index (χ3n) is 2.79. The van der Waals surface area contributed by atoms with Crippen LogP contribution in [0.4, 0.5) is 0 Å². The van der Waals surface area contributed by atoms with Crippen LogP contribution >= 0.6 is 11.3 Å². The molecule has 0 spiro atoms. The van der Waals surface area contributed by atoms with E-state index in [-0.39, 0.29) is 0 Å². The highest BCUT2D eigenvalue weighted by molar-refractivity contribution is 7.10. The lowest BCUT2D eigenvalue weighted by Gasteiger charge is -2.06. The zero-order valence-electron chi connectivity index (χ0n) is 8.99. The molecule has 0 aliphatic heterocycles. The fourth-order valence-electron chi connectivity index (χ4n) is 1.88. The first-order chi connectivity index (χ1) is 6.77. The molecule has 1 heterocycles. The first-order valence-electron chi connectivity index (χ1n) is 5.51. The zero-order chi connectivity index (χ0) is 9.97. The van der Waals surface area contributed by atoms with Crippen molar-refractivity contribution in [2.75, 3.05) is 13.1 Å². The summed E-state index contributed by atoms with van der Waals surface area (Å²) in [4.78, 5) is 1.58. The van der Waals surface area contributed by atoms with E-state index in [1.165, 1.54) is 13.0 Å². The maximum atomic E-state index is 3.54. The molecule has 2 heteroatoms. The summed E-state index contributed by atoms with van der Waals surface area (Å²) in [7, 11) is 0. The fourth-order valence-corrected chi connectivity index (χ4v) is 2.82. The van der Waals surface area contributed by atoms with Crippen molar-refractivity contribution in [1.82, 2.24) is 5.32 Å². The Balaban J connectivity index is 1.67. The highest BCUT2D eigenvalue weighted by Crippen LogP contribution is 2.48. The lowest BCUT2D eigenvalue weighted by Crippen LogP contribution is -2.22. The standard InChI is InChI=1S/C12H19NS/c1-9(2)7-13-8-10-6-11(10)12-4-3-5-14-12/h3-5,9-11,13H,6-8H2,1-2H3. The summed E-state index contributed by atoms with van der Waals surface area (Å²) >= 11 is 1.91. The molecule has 1 N–H and O–H groups in total. The fraction of sp³-hybridized carbons (Fsp3) is 0.667. The Morgan fingerprint density at radius 2 is 2.43 bits per heavy atom. The van der Waals surface area contributed by atoms with E-state index in [1.807, 2.05) is 11.3 Å². The second kappa shape index (κ2) is 4.45. The minimum atomic E-state index is 0.772. The van der Waals surface area contributed by atoms with Crippen LogP contribution in [0.5, 0.6) is 0 Å². The van der Waals surface area contributed by atoms with Gasteiger partial charge >= 0.3 is 0 Å². The molecular formula is C12H19NS. The van der Waals surface area contributed by atoms with Gasteiger partial charge in [-0.1, -0.05) is 19.9 Å². The Hall–Kier alpha value is -0.340. The molecule has 0 radical (unpaired) electrons. The highest BCUT2D eigenvalue weighted by atomic mass is 32.1. The largest absolute Gasteiger partial charge is 0.316 e. The molecule has 2 rings (SSSR count). The molecule has 78 valence electrons. The summed E-state index contributed by atoms with van der Waals surface area (Å²) in [5, 5.41) is 5.73. The summed E-state index contributed by atoms with van der Waals surface area (Å²) < 4.78 is 0. The molecule has 1 saturated carbocycles. The van der Waals surface area contributed by atoms with E-state index in [9.17, 15) is 0 Å². The van der Waals surface area contributed by atoms with E-state index < -0.39 is 0 Å². The smallest absolute Gasteiger partial charge is 0.00795 e. The number of hydrogen-bond donors (Lipinski definition) is 1. The molecule has 0 aromatic carbocycles. The molecule has 14 heavy (non-hydrogen) atoms. The average molecular weight is 209 g/mol. The van der Waals surface area contributed by atoms with Crippen molar-refractivity contribution in [2.24, 2.45) is 11.8 Å². The number of hydrogen-bond acceptors (Lipinski definition) is 2. The van der Waals surface area contributed by atoms with Gasteiger partial charge in [-0.2, -0.15) is 0 Å². The zero-order valence-corrected chi connectivity index (χ0v) is 9.81. The lowest BCUT2D eigenvalue weighted by molar-refractivity contribution is 0.533. The van der Waals surface area contributed by atoms with Gasteiger partial charge in [0.2, 0.25) is 0 Å². The Labute approximate surface area is 90.5 Å². The molecule has 0 amide bonds. The Morgan fingerprint density at radius 1 is 1.57 bits per heavy atom. The maximum absolute atomic E-state index is 3.54. The van der Waals surface area contributed by atoms with Crippen LogP contribution in [0.1, 0.15) is 31.1 Å². The minimum absolute atomic E-state index is 0.772. The lowest BCUT2D eigenvalue weighted by atomic mass is 10.2. The van der Waals surface area contributed by atoms with Crippen molar-refractivity contribution >= 4 is 11.3 Å². The van der Waals surface area contributed by atoms with Gasteiger partial charge < -0.3 is 5.32 Å². The van der Waals surface area contributed by atoms with E-state index in [0.717, 1.165) is 24.3 Å². The van der Waals surface area contributed by atoms with Crippen molar-refractivity contribution in [2.45, 2.75) is 26.2 Å². The normalized spacial score (nSPS) is 25.6. The van der Waals surface area contributed by atoms with Gasteiger partial charge in [-0.05, 0) is 48.7 Å². The van der Waals surface area contributed by atoms with Crippen LogP contribution in [0.2, 0.25) is 0 Å². The van der Waals surface area contributed by atoms with Crippen LogP contribution in [-0.2, 0) is 0 Å². The summed E-state index contributed by atoms with van der Waals surface area (Å²) in [5.41, 5.74) is 0. The summed E-state index contributed by atoms with van der Waals surface area (Å²) in [5.74, 6) is 2.55. The first-order valence-corrected chi connectivity index (χ1v) is 6.39. The van der Waals surface area contributed by atoms with Crippen LogP contribution in [0.25, 0.3) is 0 Å². The van der Waals surface area contributed by atoms with Gasteiger partial charge in [-0.25, -0.2) is 0 Å². The summed E-state index contributed by atoms with van der Waals surface area (Å²) in [6.45, 7) is 6.89. The van der Waals surface area contributed by atoms with E-state index >= 15 is 0 Å². The molecular weight excluding hydrogens is 190 g/mol. The molecule has 1 aliphatic rings. The quantitative estimate of drug-likeness (QED) is 0.786. The number of rotatable bonds is 5. The molecule has 2 unspecified atom stereocenters. The second-order valence-electron chi connectivity index (χ2n) is 4.67. The molecule has 2 atom stereocenters. The van der Waals surface area contributed by atoms with Crippen LogP contribution < -0.4 is 5.32 Å². The SMILES string of the molecule is CC(C)CNCC1CC1c1cccs1. The van der Waals surface area contributed by atoms with Gasteiger partial charge in [-0.15, -0.1) is 11.3 Å². The van der Waals surface area contributed by atoms with E-state index in [0.29, 0.717) is 0 Å². The predicted octanol–water partition coefficient (Wildman–Crippen LogP) is 3.10. The highest BCUT2D eigenvalue weighted by Gasteiger charge is 2.38. The van der Waals surface area contributed by atoms with Gasteiger partial charge in [-0.3, -0.25) is 0 Å². The van der Waals surface area contributed by atoms with Gasteiger partial charge in [0.05, 0.1) is 0 Å². The molecule has 1 aromatic heterocycles. The Morgan fingerprint density at radius 3 is 3.07 bits per heavy atom. The summed E-state index contributed by atoms with van der Waals surface area (Å²) in [6, 6.07) is 4.44. The molecule has 1 fully saturated rings. The van der Waals surface area contributed by atoms with Gasteiger partial charge in [0.1, 0.15) is 0 Å². The van der Waals surface area contributed by atoms with Gasteiger partial charge in [0.25, 0.3) is 0 Å². The maximum Gasteiger partial charge on any atom is 0.00795 e. The third kappa shape index (κ3) is 2.58. The van der Waals surface area contributed by atoms with Crippen LogP contribution in [0.15, 0.2) is 17.5 Å². The van der Waals surface area contributed by atoms with Crippen molar-refractivity contribution in [3.63, 3.8) is 0 Å². The number of thiophene rings is 1. The first kappa shape index (κ1) is 10.2. The van der Waals surface area contributed by atoms with E-state index in [1.54, 1.807) is 4.88 Å². The average Bonchev–Trinajstić information content (AvgIpc) is 2.72. The third-order valence-corrected chi connectivity index (χ3v) is 3.79. The minimum Gasteiger partial charge on any atom is -0.316 e. The van der Waals surface area contributed by atoms with Gasteiger partial charge in [0, 0.05) is 4.88 Å². The van der Waals surface area contributed by atoms with E-state index in [2.05, 4.69) is 36.7 Å². The predicted molar refractivity (Wildman–Crippen MR) is 62.9 cm³/mol. The Bertz CT molecular complexity index is 266. The van der Waals surface area contributed by atoms with Crippen LogP contribution in [0.3, 0.4) is 0 Å². The molecule has 1 nitrogen and oxygen atoms in total. The second-order valence-corrected chi connectivity index (χ2v) is 5.65. The molecule has 0 bridgehead atoms. The molecule has 1 aromatic rings. The van der Waals surface area contributed by atoms with Crippen molar-refractivity contribution in [3.8, 4) is 0 Å². The molecule has 0 saturated heterocycles. The van der Waals surface area contributed by atoms with Crippen LogP contribution in [0, 0.1) is 11.8 Å². The van der Waals surface area contributed by atoms with Crippen LogP contribution in [-0.4, -0.2) is 13.1 Å². The topological polar surface area (TPSA) is 12.0 Å². The van der Waals surface area contributed by atoms with Gasteiger partial charge in [0.15, 0.2) is 0 Å². The monoisotopic (exact) mass is 209 g/mol. The summed E-state index contributed by atoms with van der Waals surface area (Å²) in [6.07, 6.45) is 1.39. The van der Waals surface area contributed by atoms with Crippen molar-refractivity contribution < 1.29 is 0 Å². The molecule has 1 aliphatic carbocycles.